The largest absolute Gasteiger partial charge is 0.351 e. The molecule has 0 aliphatic carbocycles. The lowest BCUT2D eigenvalue weighted by Gasteiger charge is -2.26. The van der Waals surface area contributed by atoms with Crippen molar-refractivity contribution < 1.29 is 0 Å². The summed E-state index contributed by atoms with van der Waals surface area (Å²) in [6.07, 6.45) is 5.78. The second-order valence-electron chi connectivity index (χ2n) is 8.01. The highest BCUT2D eigenvalue weighted by Gasteiger charge is 2.22. The smallest absolute Gasteiger partial charge is 0.165 e. The lowest BCUT2D eigenvalue weighted by atomic mass is 10.1. The average Bonchev–Trinajstić information content (AvgIpc) is 3.38. The summed E-state index contributed by atoms with van der Waals surface area (Å²) in [7, 11) is 0. The van der Waals surface area contributed by atoms with E-state index < -0.39 is 0 Å². The maximum Gasteiger partial charge on any atom is 0.165 e. The maximum atomic E-state index is 6.52. The first-order valence-corrected chi connectivity index (χ1v) is 12.2. The predicted molar refractivity (Wildman–Crippen MR) is 133 cm³/mol. The number of anilines is 1. The Balaban J connectivity index is 1.85. The van der Waals surface area contributed by atoms with E-state index in [1.54, 1.807) is 17.4 Å². The number of fused-ring (bicyclic) bond motifs is 1. The molecule has 0 N–H and O–H groups in total. The van der Waals surface area contributed by atoms with Crippen LogP contribution in [-0.2, 0) is 13.0 Å². The van der Waals surface area contributed by atoms with Crippen LogP contribution in [0, 0.1) is 5.92 Å². The van der Waals surface area contributed by atoms with Gasteiger partial charge in [0.2, 0.25) is 0 Å². The third kappa shape index (κ3) is 4.74. The fraction of sp³-hybridized carbons (Fsp3) is 0.333. The summed E-state index contributed by atoms with van der Waals surface area (Å²) in [5, 5.41) is 3.32. The zero-order valence-electron chi connectivity index (χ0n) is 18.0. The molecule has 0 saturated carbocycles. The molecule has 4 aromatic rings. The van der Waals surface area contributed by atoms with Gasteiger partial charge in [-0.2, -0.15) is 0 Å². The van der Waals surface area contributed by atoms with Crippen LogP contribution in [0.25, 0.3) is 16.9 Å². The number of aryl methyl sites for hydroxylation is 1. The summed E-state index contributed by atoms with van der Waals surface area (Å²) >= 11 is 14.4. The lowest BCUT2D eigenvalue weighted by Crippen LogP contribution is -2.26. The molecule has 3 heterocycles. The van der Waals surface area contributed by atoms with Gasteiger partial charge < -0.3 is 4.90 Å². The van der Waals surface area contributed by atoms with E-state index in [4.69, 9.17) is 28.2 Å². The summed E-state index contributed by atoms with van der Waals surface area (Å²) < 4.78 is 2.17. The van der Waals surface area contributed by atoms with Gasteiger partial charge in [0.15, 0.2) is 5.65 Å². The predicted octanol–water partition coefficient (Wildman–Crippen LogP) is 7.38. The Bertz CT molecular complexity index is 1170. The minimum absolute atomic E-state index is 0.575. The van der Waals surface area contributed by atoms with Gasteiger partial charge in [0.25, 0.3) is 0 Å². The van der Waals surface area contributed by atoms with Gasteiger partial charge >= 0.3 is 0 Å². The van der Waals surface area contributed by atoms with Crippen LogP contribution in [0.1, 0.15) is 37.8 Å². The number of aromatic nitrogens is 3. The molecule has 0 atom stereocenters. The van der Waals surface area contributed by atoms with E-state index in [1.165, 1.54) is 4.88 Å². The fourth-order valence-corrected chi connectivity index (χ4v) is 4.94. The van der Waals surface area contributed by atoms with Gasteiger partial charge in [-0.05, 0) is 48.4 Å². The molecule has 4 rings (SSSR count). The number of hydrogen-bond donors (Lipinski definition) is 0. The fourth-order valence-electron chi connectivity index (χ4n) is 3.72. The number of benzene rings is 1. The Morgan fingerprint density at radius 3 is 2.71 bits per heavy atom. The summed E-state index contributed by atoms with van der Waals surface area (Å²) in [5.41, 5.74) is 3.49. The van der Waals surface area contributed by atoms with E-state index in [9.17, 15) is 0 Å². The number of thiophene rings is 1. The molecule has 3 aromatic heterocycles. The van der Waals surface area contributed by atoms with Crippen LogP contribution in [0.2, 0.25) is 10.0 Å². The molecule has 0 fully saturated rings. The van der Waals surface area contributed by atoms with Gasteiger partial charge in [-0.25, -0.2) is 4.98 Å². The molecule has 0 radical (unpaired) electrons. The molecule has 0 bridgehead atoms. The van der Waals surface area contributed by atoms with Crippen LogP contribution in [0.5, 0.6) is 0 Å². The summed E-state index contributed by atoms with van der Waals surface area (Å²) in [6.45, 7) is 8.52. The normalized spacial score (nSPS) is 11.5. The van der Waals surface area contributed by atoms with Crippen LogP contribution >= 0.6 is 34.5 Å². The topological polar surface area (TPSA) is 33.4 Å². The van der Waals surface area contributed by atoms with Crippen molar-refractivity contribution in [3.8, 4) is 11.3 Å². The van der Waals surface area contributed by atoms with Crippen LogP contribution in [0.3, 0.4) is 0 Å². The molecule has 0 unspecified atom stereocenters. The SMILES string of the molecule is CCc1nc2c(-c3ccc(Cl)cc3Cl)nccn2c1N(CCC(C)C)Cc1cccs1. The van der Waals surface area contributed by atoms with Gasteiger partial charge in [-0.15, -0.1) is 11.3 Å². The summed E-state index contributed by atoms with van der Waals surface area (Å²) in [4.78, 5) is 13.5. The van der Waals surface area contributed by atoms with Gasteiger partial charge in [-0.1, -0.05) is 50.0 Å². The van der Waals surface area contributed by atoms with Crippen molar-refractivity contribution in [3.05, 3.63) is 68.7 Å². The molecule has 7 heteroatoms. The number of imidazole rings is 1. The first-order valence-electron chi connectivity index (χ1n) is 10.6. The Morgan fingerprint density at radius 2 is 2.03 bits per heavy atom. The monoisotopic (exact) mass is 472 g/mol. The van der Waals surface area contributed by atoms with Crippen molar-refractivity contribution in [2.45, 2.75) is 40.2 Å². The number of nitrogens with zero attached hydrogens (tertiary/aromatic N) is 4. The molecular formula is C24H26Cl2N4S. The number of hydrogen-bond acceptors (Lipinski definition) is 4. The van der Waals surface area contributed by atoms with Crippen molar-refractivity contribution in [2.24, 2.45) is 5.92 Å². The molecule has 162 valence electrons. The Hall–Kier alpha value is -2.08. The average molecular weight is 473 g/mol. The molecule has 0 aliphatic heterocycles. The third-order valence-corrected chi connectivity index (χ3v) is 6.72. The highest BCUT2D eigenvalue weighted by Crippen LogP contribution is 2.34. The molecule has 0 aliphatic rings. The van der Waals surface area contributed by atoms with Crippen LogP contribution in [0.4, 0.5) is 5.82 Å². The molecular weight excluding hydrogens is 447 g/mol. The minimum atomic E-state index is 0.575. The highest BCUT2D eigenvalue weighted by molar-refractivity contribution is 7.09. The lowest BCUT2D eigenvalue weighted by molar-refractivity contribution is 0.569. The number of halogens is 2. The van der Waals surface area contributed by atoms with Crippen LogP contribution in [0.15, 0.2) is 48.1 Å². The van der Waals surface area contributed by atoms with Crippen molar-refractivity contribution in [2.75, 3.05) is 11.4 Å². The van der Waals surface area contributed by atoms with E-state index >= 15 is 0 Å². The summed E-state index contributed by atoms with van der Waals surface area (Å²) in [6, 6.07) is 9.81. The van der Waals surface area contributed by atoms with E-state index in [-0.39, 0.29) is 0 Å². The second kappa shape index (κ2) is 9.60. The first-order chi connectivity index (χ1) is 15.0. The van der Waals surface area contributed by atoms with Crippen LogP contribution in [-0.4, -0.2) is 20.9 Å². The highest BCUT2D eigenvalue weighted by atomic mass is 35.5. The van der Waals surface area contributed by atoms with E-state index in [0.717, 1.165) is 54.3 Å². The first kappa shape index (κ1) is 22.1. The van der Waals surface area contributed by atoms with Crippen molar-refractivity contribution in [3.63, 3.8) is 0 Å². The second-order valence-corrected chi connectivity index (χ2v) is 9.89. The Morgan fingerprint density at radius 1 is 1.19 bits per heavy atom. The Labute approximate surface area is 197 Å². The zero-order chi connectivity index (χ0) is 22.0. The quantitative estimate of drug-likeness (QED) is 0.268. The Kier molecular flexibility index (Phi) is 6.85. The van der Waals surface area contributed by atoms with E-state index in [0.29, 0.717) is 16.0 Å². The molecule has 0 spiro atoms. The van der Waals surface area contributed by atoms with E-state index in [1.807, 2.05) is 24.5 Å². The molecule has 4 nitrogen and oxygen atoms in total. The van der Waals surface area contributed by atoms with Gasteiger partial charge in [-0.3, -0.25) is 9.38 Å². The molecule has 0 amide bonds. The molecule has 31 heavy (non-hydrogen) atoms. The third-order valence-electron chi connectivity index (χ3n) is 5.31. The standard InChI is InChI=1S/C24H26Cl2N4S/c1-4-21-24(29(11-9-16(2)3)15-18-6-5-13-31-18)30-12-10-27-22(23(30)28-21)19-8-7-17(25)14-20(19)26/h5-8,10,12-14,16H,4,9,11,15H2,1-3H3. The summed E-state index contributed by atoms with van der Waals surface area (Å²) in [5.74, 6) is 1.76. The van der Waals surface area contributed by atoms with Gasteiger partial charge in [0.1, 0.15) is 11.5 Å². The maximum absolute atomic E-state index is 6.52. The number of rotatable bonds is 8. The van der Waals surface area contributed by atoms with Crippen molar-refractivity contribution in [1.82, 2.24) is 14.4 Å². The van der Waals surface area contributed by atoms with Gasteiger partial charge in [0.05, 0.1) is 17.3 Å². The molecule has 1 aromatic carbocycles. The van der Waals surface area contributed by atoms with E-state index in [2.05, 4.69) is 52.6 Å². The van der Waals surface area contributed by atoms with Crippen molar-refractivity contribution >= 4 is 46.0 Å². The van der Waals surface area contributed by atoms with Crippen LogP contribution < -0.4 is 4.90 Å². The van der Waals surface area contributed by atoms with Crippen molar-refractivity contribution in [1.29, 1.82) is 0 Å². The zero-order valence-corrected chi connectivity index (χ0v) is 20.3. The minimum Gasteiger partial charge on any atom is -0.351 e. The van der Waals surface area contributed by atoms with Gasteiger partial charge in [0, 0.05) is 34.4 Å². The molecule has 0 saturated heterocycles.